The van der Waals surface area contributed by atoms with Crippen LogP contribution in [0.3, 0.4) is 0 Å². The van der Waals surface area contributed by atoms with E-state index in [0.29, 0.717) is 5.75 Å². The summed E-state index contributed by atoms with van der Waals surface area (Å²) in [7, 11) is -2.41. The van der Waals surface area contributed by atoms with Crippen molar-refractivity contribution in [1.82, 2.24) is 0 Å². The van der Waals surface area contributed by atoms with E-state index in [4.69, 9.17) is 0 Å². The Balaban J connectivity index is 2.20. The van der Waals surface area contributed by atoms with Crippen molar-refractivity contribution in [2.75, 3.05) is 5.75 Å². The smallest absolute Gasteiger partial charge is 0.0806 e. The zero-order chi connectivity index (χ0) is 16.0. The molecule has 0 unspecified atom stereocenters. The number of aryl methyl sites for hydroxylation is 1. The van der Waals surface area contributed by atoms with Gasteiger partial charge in [0, 0.05) is 16.6 Å². The van der Waals surface area contributed by atoms with Gasteiger partial charge in [-0.25, -0.2) is 4.21 Å². The van der Waals surface area contributed by atoms with E-state index in [9.17, 15) is 4.21 Å². The number of nitrogens with zero attached hydrogens (tertiary/aromatic N) is 1. The highest BCUT2D eigenvalue weighted by atomic mass is 32.2. The van der Waals surface area contributed by atoms with Gasteiger partial charge in [-0.3, -0.25) is 0 Å². The van der Waals surface area contributed by atoms with Crippen LogP contribution in [0.15, 0.2) is 57.8 Å². The largest absolute Gasteiger partial charge is 0.244 e. The second-order valence-electron chi connectivity index (χ2n) is 7.19. The van der Waals surface area contributed by atoms with E-state index in [2.05, 4.69) is 31.2 Å². The Morgan fingerprint density at radius 1 is 1.05 bits per heavy atom. The minimum Gasteiger partial charge on any atom is -0.244 e. The third kappa shape index (κ3) is 2.70. The summed E-state index contributed by atoms with van der Waals surface area (Å²) in [6, 6.07) is 16.1. The van der Waals surface area contributed by atoms with E-state index >= 15 is 0 Å². The SMILES string of the molecule is Cc1ccc([S@]2(=O)=Nc3ccccc3[C@H](C(C)(C)C)C2)cc1. The Morgan fingerprint density at radius 2 is 1.68 bits per heavy atom. The van der Waals surface area contributed by atoms with Crippen LogP contribution in [0, 0.1) is 12.3 Å². The van der Waals surface area contributed by atoms with Crippen LogP contribution in [0.2, 0.25) is 0 Å². The van der Waals surface area contributed by atoms with Crippen LogP contribution >= 0.6 is 0 Å². The fraction of sp³-hybridized carbons (Fsp3) is 0.368. The van der Waals surface area contributed by atoms with Gasteiger partial charge in [-0.1, -0.05) is 56.7 Å². The molecule has 0 saturated carbocycles. The van der Waals surface area contributed by atoms with Crippen molar-refractivity contribution in [3.63, 3.8) is 0 Å². The van der Waals surface area contributed by atoms with Gasteiger partial charge in [0.05, 0.1) is 15.4 Å². The van der Waals surface area contributed by atoms with Crippen LogP contribution in [0.5, 0.6) is 0 Å². The van der Waals surface area contributed by atoms with Gasteiger partial charge >= 0.3 is 0 Å². The molecule has 2 nitrogen and oxygen atoms in total. The molecule has 0 N–H and O–H groups in total. The topological polar surface area (TPSA) is 29.4 Å². The van der Waals surface area contributed by atoms with Gasteiger partial charge in [0.25, 0.3) is 0 Å². The molecule has 22 heavy (non-hydrogen) atoms. The van der Waals surface area contributed by atoms with Crippen molar-refractivity contribution in [2.24, 2.45) is 9.78 Å². The van der Waals surface area contributed by atoms with Crippen LogP contribution in [-0.2, 0) is 9.73 Å². The minimum atomic E-state index is -2.41. The molecule has 0 radical (unpaired) electrons. The quantitative estimate of drug-likeness (QED) is 0.702. The summed E-state index contributed by atoms with van der Waals surface area (Å²) in [6.07, 6.45) is 0. The molecule has 0 aromatic heterocycles. The van der Waals surface area contributed by atoms with Gasteiger partial charge in [0.2, 0.25) is 0 Å². The zero-order valence-corrected chi connectivity index (χ0v) is 14.5. The average molecular weight is 313 g/mol. The second kappa shape index (κ2) is 5.24. The first-order valence-electron chi connectivity index (χ1n) is 7.70. The van der Waals surface area contributed by atoms with Crippen molar-refractivity contribution in [3.05, 3.63) is 59.7 Å². The summed E-state index contributed by atoms with van der Waals surface area (Å²) in [5.41, 5.74) is 3.34. The summed E-state index contributed by atoms with van der Waals surface area (Å²) in [5.74, 6) is 0.839. The molecule has 0 amide bonds. The molecule has 1 aliphatic heterocycles. The molecule has 2 aromatic carbocycles. The molecule has 0 spiro atoms. The van der Waals surface area contributed by atoms with E-state index in [1.54, 1.807) is 0 Å². The molecule has 1 aliphatic rings. The molecule has 1 heterocycles. The normalized spacial score (nSPS) is 24.5. The average Bonchev–Trinajstić information content (AvgIpc) is 2.46. The molecule has 2 aromatic rings. The maximum Gasteiger partial charge on any atom is 0.0806 e. The van der Waals surface area contributed by atoms with E-state index in [-0.39, 0.29) is 11.3 Å². The second-order valence-corrected chi connectivity index (χ2v) is 9.46. The first kappa shape index (κ1) is 15.3. The lowest BCUT2D eigenvalue weighted by Crippen LogP contribution is -2.28. The van der Waals surface area contributed by atoms with Gasteiger partial charge in [-0.15, -0.1) is 0 Å². The van der Waals surface area contributed by atoms with Crippen molar-refractivity contribution in [2.45, 2.75) is 38.5 Å². The third-order valence-electron chi connectivity index (χ3n) is 4.39. The maximum atomic E-state index is 13.6. The Morgan fingerprint density at radius 3 is 2.32 bits per heavy atom. The Kier molecular flexibility index (Phi) is 3.64. The fourth-order valence-electron chi connectivity index (χ4n) is 2.99. The molecule has 3 rings (SSSR count). The highest BCUT2D eigenvalue weighted by molar-refractivity contribution is 7.93. The van der Waals surface area contributed by atoms with Crippen LogP contribution in [0.4, 0.5) is 5.69 Å². The molecule has 3 heteroatoms. The molecule has 0 bridgehead atoms. The van der Waals surface area contributed by atoms with Crippen LogP contribution in [0.1, 0.15) is 37.8 Å². The van der Waals surface area contributed by atoms with Crippen molar-refractivity contribution in [3.8, 4) is 0 Å². The van der Waals surface area contributed by atoms with Crippen LogP contribution in [-0.4, -0.2) is 9.96 Å². The standard InChI is InChI=1S/C19H23NOS/c1-14-9-11-15(12-10-14)22(21)13-17(19(2,3)4)16-7-5-6-8-18(16)20-22/h5-12,17H,13H2,1-4H3/t17-,22+/m1/s1. The number of hydrogen-bond donors (Lipinski definition) is 0. The Labute approximate surface area is 133 Å². The maximum absolute atomic E-state index is 13.6. The monoisotopic (exact) mass is 313 g/mol. The number of fused-ring (bicyclic) bond motifs is 1. The first-order chi connectivity index (χ1) is 10.3. The van der Waals surface area contributed by atoms with Gasteiger partial charge in [-0.2, -0.15) is 4.36 Å². The first-order valence-corrected chi connectivity index (χ1v) is 9.38. The molecule has 116 valence electrons. The van der Waals surface area contributed by atoms with E-state index < -0.39 is 9.73 Å². The summed E-state index contributed by atoms with van der Waals surface area (Å²) >= 11 is 0. The van der Waals surface area contributed by atoms with Crippen molar-refractivity contribution < 1.29 is 4.21 Å². The lowest BCUT2D eigenvalue weighted by Gasteiger charge is -2.35. The van der Waals surface area contributed by atoms with E-state index in [1.807, 2.05) is 49.4 Å². The number of benzene rings is 2. The highest BCUT2D eigenvalue weighted by Gasteiger charge is 2.35. The van der Waals surface area contributed by atoms with Gasteiger partial charge < -0.3 is 0 Å². The lowest BCUT2D eigenvalue weighted by molar-refractivity contribution is 0.341. The van der Waals surface area contributed by atoms with Crippen molar-refractivity contribution >= 4 is 15.4 Å². The molecule has 0 aliphatic carbocycles. The third-order valence-corrected chi connectivity index (χ3v) is 6.67. The van der Waals surface area contributed by atoms with E-state index in [1.165, 1.54) is 11.1 Å². The minimum absolute atomic E-state index is 0.0550. The van der Waals surface area contributed by atoms with Crippen LogP contribution in [0.25, 0.3) is 0 Å². The summed E-state index contributed by atoms with van der Waals surface area (Å²) in [5, 5.41) is 0. The summed E-state index contributed by atoms with van der Waals surface area (Å²) < 4.78 is 18.2. The number of hydrogen-bond acceptors (Lipinski definition) is 2. The molecular formula is C19H23NOS. The Bertz CT molecular complexity index is 806. The van der Waals surface area contributed by atoms with Crippen LogP contribution < -0.4 is 0 Å². The predicted octanol–water partition coefficient (Wildman–Crippen LogP) is 5.30. The zero-order valence-electron chi connectivity index (χ0n) is 13.7. The summed E-state index contributed by atoms with van der Waals surface area (Å²) in [4.78, 5) is 0.849. The highest BCUT2D eigenvalue weighted by Crippen LogP contribution is 2.45. The molecule has 0 saturated heterocycles. The van der Waals surface area contributed by atoms with Crippen molar-refractivity contribution in [1.29, 1.82) is 0 Å². The summed E-state index contributed by atoms with van der Waals surface area (Å²) in [6.45, 7) is 8.69. The van der Waals surface area contributed by atoms with Gasteiger partial charge in [-0.05, 0) is 36.1 Å². The molecule has 0 fully saturated rings. The van der Waals surface area contributed by atoms with E-state index in [0.717, 1.165) is 10.6 Å². The predicted molar refractivity (Wildman–Crippen MR) is 93.2 cm³/mol. The van der Waals surface area contributed by atoms with Gasteiger partial charge in [0.15, 0.2) is 0 Å². The molecule has 2 atom stereocenters. The molecular weight excluding hydrogens is 290 g/mol. The Hall–Kier alpha value is -1.61. The van der Waals surface area contributed by atoms with Gasteiger partial charge in [0.1, 0.15) is 0 Å². The lowest BCUT2D eigenvalue weighted by atomic mass is 9.77. The number of rotatable bonds is 1. The fourth-order valence-corrected chi connectivity index (χ4v) is 5.54.